The number of pyridine rings is 3. The molecule has 0 aromatic carbocycles. The van der Waals surface area contributed by atoms with E-state index in [4.69, 9.17) is 10.5 Å². The summed E-state index contributed by atoms with van der Waals surface area (Å²) in [6, 6.07) is 15.4. The van der Waals surface area contributed by atoms with Crippen molar-refractivity contribution in [2.75, 3.05) is 6.61 Å². The highest BCUT2D eigenvalue weighted by Gasteiger charge is 2.09. The molecule has 0 aliphatic heterocycles. The fraction of sp³-hybridized carbons (Fsp3) is 0.211. The first-order chi connectivity index (χ1) is 11.7. The Balaban J connectivity index is 1.96. The van der Waals surface area contributed by atoms with Crippen LogP contribution >= 0.6 is 0 Å². The molecule has 0 radical (unpaired) electrons. The van der Waals surface area contributed by atoms with E-state index in [0.717, 1.165) is 34.9 Å². The predicted molar refractivity (Wildman–Crippen MR) is 94.5 cm³/mol. The number of nitrogens with two attached hydrogens (primary N) is 1. The minimum Gasteiger partial charge on any atom is -0.493 e. The van der Waals surface area contributed by atoms with Crippen LogP contribution in [0.15, 0.2) is 60.9 Å². The Morgan fingerprint density at radius 3 is 1.96 bits per heavy atom. The van der Waals surface area contributed by atoms with Crippen LogP contribution in [0.25, 0.3) is 22.8 Å². The smallest absolute Gasteiger partial charge is 0.123 e. The molecule has 2 N–H and O–H groups in total. The molecule has 0 aliphatic rings. The summed E-state index contributed by atoms with van der Waals surface area (Å²) in [5, 5.41) is 0. The van der Waals surface area contributed by atoms with Crippen molar-refractivity contribution >= 4 is 0 Å². The summed E-state index contributed by atoms with van der Waals surface area (Å²) < 4.78 is 5.87. The highest BCUT2D eigenvalue weighted by Crippen LogP contribution is 2.26. The van der Waals surface area contributed by atoms with Gasteiger partial charge in [0.2, 0.25) is 0 Å². The molecule has 0 bridgehead atoms. The first kappa shape index (κ1) is 16.1. The Bertz CT molecular complexity index is 718. The summed E-state index contributed by atoms with van der Waals surface area (Å²) in [5.74, 6) is 0.743. The van der Waals surface area contributed by atoms with Crippen LogP contribution in [0.1, 0.15) is 13.3 Å². The largest absolute Gasteiger partial charge is 0.493 e. The van der Waals surface area contributed by atoms with Crippen LogP contribution in [0.3, 0.4) is 0 Å². The number of nitrogens with zero attached hydrogens (tertiary/aromatic N) is 3. The van der Waals surface area contributed by atoms with Gasteiger partial charge in [0, 0.05) is 30.6 Å². The summed E-state index contributed by atoms with van der Waals surface area (Å²) in [4.78, 5) is 13.4. The third kappa shape index (κ3) is 4.14. The quantitative estimate of drug-likeness (QED) is 0.754. The SMILES string of the molecule is CC(N)CCOc1cc(-c2ccccn2)nc(-c2ccccn2)c1. The average molecular weight is 320 g/mol. The van der Waals surface area contributed by atoms with Crippen LogP contribution < -0.4 is 10.5 Å². The number of ether oxygens (including phenoxy) is 1. The molecule has 24 heavy (non-hydrogen) atoms. The van der Waals surface area contributed by atoms with Crippen LogP contribution in [-0.4, -0.2) is 27.6 Å². The second-order valence-corrected chi connectivity index (χ2v) is 5.62. The van der Waals surface area contributed by atoms with E-state index in [-0.39, 0.29) is 6.04 Å². The molecular weight excluding hydrogens is 300 g/mol. The van der Waals surface area contributed by atoms with Gasteiger partial charge >= 0.3 is 0 Å². The Morgan fingerprint density at radius 2 is 1.50 bits per heavy atom. The van der Waals surface area contributed by atoms with Gasteiger partial charge < -0.3 is 10.5 Å². The fourth-order valence-corrected chi connectivity index (χ4v) is 2.24. The molecule has 0 spiro atoms. The molecule has 0 amide bonds. The van der Waals surface area contributed by atoms with E-state index in [1.807, 2.05) is 55.5 Å². The van der Waals surface area contributed by atoms with Gasteiger partial charge in [0.25, 0.3) is 0 Å². The highest BCUT2D eigenvalue weighted by atomic mass is 16.5. The summed E-state index contributed by atoms with van der Waals surface area (Å²) in [5.41, 5.74) is 8.90. The minimum absolute atomic E-state index is 0.109. The first-order valence-electron chi connectivity index (χ1n) is 7.95. The number of aromatic nitrogens is 3. The molecular formula is C19H20N4O. The molecule has 0 aliphatic carbocycles. The standard InChI is InChI=1S/C19H20N4O/c1-14(20)8-11-24-15-12-18(16-6-2-4-9-21-16)23-19(13-15)17-7-3-5-10-22-17/h2-7,9-10,12-14H,8,11,20H2,1H3. The third-order valence-electron chi connectivity index (χ3n) is 3.50. The molecule has 3 aromatic heterocycles. The van der Waals surface area contributed by atoms with Crippen molar-refractivity contribution in [3.8, 4) is 28.5 Å². The molecule has 1 unspecified atom stereocenters. The van der Waals surface area contributed by atoms with Gasteiger partial charge in [-0.3, -0.25) is 9.97 Å². The number of rotatable bonds is 6. The maximum Gasteiger partial charge on any atom is 0.123 e. The van der Waals surface area contributed by atoms with Gasteiger partial charge in [-0.15, -0.1) is 0 Å². The molecule has 3 rings (SSSR count). The lowest BCUT2D eigenvalue weighted by Gasteiger charge is -2.11. The Morgan fingerprint density at radius 1 is 0.917 bits per heavy atom. The lowest BCUT2D eigenvalue weighted by Crippen LogP contribution is -2.18. The topological polar surface area (TPSA) is 73.9 Å². The molecule has 1 atom stereocenters. The fourth-order valence-electron chi connectivity index (χ4n) is 2.24. The van der Waals surface area contributed by atoms with E-state index in [0.29, 0.717) is 6.61 Å². The van der Waals surface area contributed by atoms with E-state index in [1.54, 1.807) is 12.4 Å². The second kappa shape index (κ2) is 7.66. The average Bonchev–Trinajstić information content (AvgIpc) is 2.63. The Kier molecular flexibility index (Phi) is 5.13. The zero-order valence-corrected chi connectivity index (χ0v) is 13.6. The summed E-state index contributed by atoms with van der Waals surface area (Å²) in [7, 11) is 0. The van der Waals surface area contributed by atoms with Gasteiger partial charge in [0.05, 0.1) is 29.4 Å². The van der Waals surface area contributed by atoms with E-state index in [1.165, 1.54) is 0 Å². The van der Waals surface area contributed by atoms with E-state index in [2.05, 4.69) is 15.0 Å². The van der Waals surface area contributed by atoms with Crippen molar-refractivity contribution in [1.82, 2.24) is 15.0 Å². The zero-order chi connectivity index (χ0) is 16.8. The first-order valence-corrected chi connectivity index (χ1v) is 7.95. The van der Waals surface area contributed by atoms with Crippen molar-refractivity contribution in [2.45, 2.75) is 19.4 Å². The zero-order valence-electron chi connectivity index (χ0n) is 13.6. The van der Waals surface area contributed by atoms with Gasteiger partial charge in [-0.25, -0.2) is 4.98 Å². The highest BCUT2D eigenvalue weighted by molar-refractivity contribution is 5.64. The monoisotopic (exact) mass is 320 g/mol. The Labute approximate surface area is 141 Å². The second-order valence-electron chi connectivity index (χ2n) is 5.62. The molecule has 0 fully saturated rings. The van der Waals surface area contributed by atoms with Gasteiger partial charge in [-0.1, -0.05) is 12.1 Å². The van der Waals surface area contributed by atoms with Crippen LogP contribution in [0.4, 0.5) is 0 Å². The normalized spacial score (nSPS) is 11.9. The molecule has 5 nitrogen and oxygen atoms in total. The van der Waals surface area contributed by atoms with Gasteiger partial charge in [0.1, 0.15) is 5.75 Å². The molecule has 122 valence electrons. The van der Waals surface area contributed by atoms with Crippen LogP contribution in [0, 0.1) is 0 Å². The molecule has 0 saturated carbocycles. The van der Waals surface area contributed by atoms with Gasteiger partial charge in [-0.05, 0) is 37.6 Å². The van der Waals surface area contributed by atoms with Gasteiger partial charge in [0.15, 0.2) is 0 Å². The van der Waals surface area contributed by atoms with Crippen LogP contribution in [0.2, 0.25) is 0 Å². The van der Waals surface area contributed by atoms with Crippen molar-refractivity contribution in [1.29, 1.82) is 0 Å². The molecule has 3 aromatic rings. The number of hydrogen-bond donors (Lipinski definition) is 1. The van der Waals surface area contributed by atoms with E-state index in [9.17, 15) is 0 Å². The maximum absolute atomic E-state index is 5.87. The summed E-state index contributed by atoms with van der Waals surface area (Å²) in [6.45, 7) is 2.53. The predicted octanol–water partition coefficient (Wildman–Crippen LogP) is 3.32. The van der Waals surface area contributed by atoms with Crippen molar-refractivity contribution < 1.29 is 4.74 Å². The van der Waals surface area contributed by atoms with Crippen molar-refractivity contribution in [2.24, 2.45) is 5.73 Å². The van der Waals surface area contributed by atoms with Crippen molar-refractivity contribution in [3.63, 3.8) is 0 Å². The lowest BCUT2D eigenvalue weighted by molar-refractivity contribution is 0.301. The minimum atomic E-state index is 0.109. The summed E-state index contributed by atoms with van der Waals surface area (Å²) >= 11 is 0. The Hall–Kier alpha value is -2.79. The van der Waals surface area contributed by atoms with Crippen molar-refractivity contribution in [3.05, 3.63) is 60.9 Å². The number of hydrogen-bond acceptors (Lipinski definition) is 5. The van der Waals surface area contributed by atoms with E-state index < -0.39 is 0 Å². The molecule has 0 saturated heterocycles. The third-order valence-corrected chi connectivity index (χ3v) is 3.50. The molecule has 5 heteroatoms. The van der Waals surface area contributed by atoms with E-state index >= 15 is 0 Å². The summed E-state index contributed by atoms with van der Waals surface area (Å²) in [6.07, 6.45) is 4.29. The molecule has 3 heterocycles. The van der Waals surface area contributed by atoms with Crippen LogP contribution in [0.5, 0.6) is 5.75 Å². The lowest BCUT2D eigenvalue weighted by atomic mass is 10.2. The van der Waals surface area contributed by atoms with Crippen LogP contribution in [-0.2, 0) is 0 Å². The van der Waals surface area contributed by atoms with Gasteiger partial charge in [-0.2, -0.15) is 0 Å². The maximum atomic E-state index is 5.87.